The van der Waals surface area contributed by atoms with Crippen LogP contribution in [0.5, 0.6) is 0 Å². The summed E-state index contributed by atoms with van der Waals surface area (Å²) in [7, 11) is 0. The smallest absolute Gasteiger partial charge is 0.328 e. The maximum atomic E-state index is 10.8. The summed E-state index contributed by atoms with van der Waals surface area (Å²) in [6.45, 7) is 4.08. The second-order valence-electron chi connectivity index (χ2n) is 5.80. The highest BCUT2D eigenvalue weighted by molar-refractivity contribution is 5.87. The van der Waals surface area contributed by atoms with Crippen molar-refractivity contribution in [1.82, 2.24) is 0 Å². The molecule has 0 unspecified atom stereocenters. The number of carbonyl (C=O) groups is 1. The first-order valence-electron chi connectivity index (χ1n) is 7.72. The van der Waals surface area contributed by atoms with Crippen molar-refractivity contribution in [3.63, 3.8) is 0 Å². The van der Waals surface area contributed by atoms with Gasteiger partial charge in [-0.2, -0.15) is 0 Å². The van der Waals surface area contributed by atoms with Crippen LogP contribution < -0.4 is 0 Å². The van der Waals surface area contributed by atoms with E-state index in [0.717, 1.165) is 28.5 Å². The third kappa shape index (κ3) is 3.46. The Morgan fingerprint density at radius 2 is 1.46 bits per heavy atom. The molecule has 0 spiro atoms. The number of hydrogen-bond donors (Lipinski definition) is 1. The molecule has 0 amide bonds. The lowest BCUT2D eigenvalue weighted by atomic mass is 10.0. The summed E-state index contributed by atoms with van der Waals surface area (Å²) in [5.74, 6) is 0.257. The van der Waals surface area contributed by atoms with Gasteiger partial charge in [0, 0.05) is 17.2 Å². The monoisotopic (exact) mass is 318 g/mol. The first-order chi connectivity index (χ1) is 11.5. The molecule has 3 nitrogen and oxygen atoms in total. The fraction of sp³-hybridized carbons (Fsp3) is 0.0952. The minimum absolute atomic E-state index is 0.517. The predicted molar refractivity (Wildman–Crippen MR) is 95.7 cm³/mol. The van der Waals surface area contributed by atoms with Crippen LogP contribution in [-0.2, 0) is 4.79 Å². The van der Waals surface area contributed by atoms with E-state index in [9.17, 15) is 4.79 Å². The summed E-state index contributed by atoms with van der Waals surface area (Å²) in [6.07, 6.45) is 2.55. The molecule has 0 saturated carbocycles. The number of aliphatic carboxylic acids is 1. The SMILES string of the molecule is Cc1ccc(-c2cc(/C=C/C(=O)O)oc2-c2ccc(C)cc2)cc1. The van der Waals surface area contributed by atoms with Crippen LogP contribution in [-0.4, -0.2) is 11.1 Å². The molecule has 24 heavy (non-hydrogen) atoms. The van der Waals surface area contributed by atoms with Crippen molar-refractivity contribution in [2.24, 2.45) is 0 Å². The number of benzene rings is 2. The number of hydrogen-bond acceptors (Lipinski definition) is 2. The second-order valence-corrected chi connectivity index (χ2v) is 5.80. The average Bonchev–Trinajstić information content (AvgIpc) is 2.98. The van der Waals surface area contributed by atoms with E-state index in [1.54, 1.807) is 0 Å². The number of carboxylic acid groups (broad SMARTS) is 1. The highest BCUT2D eigenvalue weighted by Gasteiger charge is 2.14. The quantitative estimate of drug-likeness (QED) is 0.662. The third-order valence-electron chi connectivity index (χ3n) is 3.82. The molecule has 0 radical (unpaired) electrons. The summed E-state index contributed by atoms with van der Waals surface area (Å²) in [5, 5.41) is 8.82. The van der Waals surface area contributed by atoms with Gasteiger partial charge in [0.25, 0.3) is 0 Å². The number of carboxylic acids is 1. The molecule has 3 aromatic rings. The van der Waals surface area contributed by atoms with E-state index < -0.39 is 5.97 Å². The van der Waals surface area contributed by atoms with Gasteiger partial charge in [0.2, 0.25) is 0 Å². The maximum Gasteiger partial charge on any atom is 0.328 e. The largest absolute Gasteiger partial charge is 0.478 e. The maximum absolute atomic E-state index is 10.8. The highest BCUT2D eigenvalue weighted by Crippen LogP contribution is 2.35. The summed E-state index contributed by atoms with van der Waals surface area (Å²) in [6, 6.07) is 18.1. The molecule has 0 aliphatic rings. The standard InChI is InChI=1S/C21H18O3/c1-14-3-7-16(8-4-14)19-13-18(11-12-20(22)23)24-21(19)17-9-5-15(2)6-10-17/h3-13H,1-2H3,(H,22,23)/b12-11+. The zero-order chi connectivity index (χ0) is 17.1. The zero-order valence-electron chi connectivity index (χ0n) is 13.6. The summed E-state index contributed by atoms with van der Waals surface area (Å²) in [4.78, 5) is 10.8. The van der Waals surface area contributed by atoms with Crippen molar-refractivity contribution in [3.05, 3.63) is 77.6 Å². The van der Waals surface area contributed by atoms with E-state index in [0.29, 0.717) is 5.76 Å². The third-order valence-corrected chi connectivity index (χ3v) is 3.82. The van der Waals surface area contributed by atoms with E-state index in [1.807, 2.05) is 68.4 Å². The van der Waals surface area contributed by atoms with Gasteiger partial charge in [-0.25, -0.2) is 4.79 Å². The number of rotatable bonds is 4. The number of aryl methyl sites for hydroxylation is 2. The number of furan rings is 1. The Bertz CT molecular complexity index is 819. The molecule has 1 heterocycles. The lowest BCUT2D eigenvalue weighted by molar-refractivity contribution is -0.131. The van der Waals surface area contributed by atoms with Gasteiger partial charge in [-0.1, -0.05) is 59.7 Å². The molecule has 1 aromatic heterocycles. The Balaban J connectivity index is 2.12. The molecule has 3 rings (SSSR count). The van der Waals surface area contributed by atoms with Crippen LogP contribution in [0, 0.1) is 13.8 Å². The van der Waals surface area contributed by atoms with E-state index in [1.165, 1.54) is 17.2 Å². The summed E-state index contributed by atoms with van der Waals surface area (Å²) in [5.41, 5.74) is 5.31. The zero-order valence-corrected chi connectivity index (χ0v) is 13.6. The Morgan fingerprint density at radius 1 is 0.917 bits per heavy atom. The van der Waals surface area contributed by atoms with E-state index in [4.69, 9.17) is 9.52 Å². The molecule has 0 aliphatic heterocycles. The molecular weight excluding hydrogens is 300 g/mol. The van der Waals surface area contributed by atoms with Crippen molar-refractivity contribution >= 4 is 12.0 Å². The fourth-order valence-corrected chi connectivity index (χ4v) is 2.51. The molecule has 2 aromatic carbocycles. The minimum Gasteiger partial charge on any atom is -0.478 e. The molecular formula is C21H18O3. The highest BCUT2D eigenvalue weighted by atomic mass is 16.4. The second kappa shape index (κ2) is 6.59. The topological polar surface area (TPSA) is 50.4 Å². The van der Waals surface area contributed by atoms with Crippen LogP contribution in [0.1, 0.15) is 16.9 Å². The van der Waals surface area contributed by atoms with Gasteiger partial charge in [0.1, 0.15) is 11.5 Å². The summed E-state index contributed by atoms with van der Waals surface area (Å²) >= 11 is 0. The fourth-order valence-electron chi connectivity index (χ4n) is 2.51. The normalized spacial score (nSPS) is 11.1. The molecule has 1 N–H and O–H groups in total. The van der Waals surface area contributed by atoms with Gasteiger partial charge in [0.15, 0.2) is 0 Å². The molecule has 3 heteroatoms. The van der Waals surface area contributed by atoms with Crippen LogP contribution >= 0.6 is 0 Å². The van der Waals surface area contributed by atoms with Gasteiger partial charge in [-0.15, -0.1) is 0 Å². The Kier molecular flexibility index (Phi) is 4.34. The molecule has 0 saturated heterocycles. The van der Waals surface area contributed by atoms with Crippen LogP contribution in [0.4, 0.5) is 0 Å². The van der Waals surface area contributed by atoms with Gasteiger partial charge in [0.05, 0.1) is 0 Å². The molecule has 120 valence electrons. The Morgan fingerprint density at radius 3 is 2.00 bits per heavy atom. The van der Waals surface area contributed by atoms with Crippen molar-refractivity contribution in [1.29, 1.82) is 0 Å². The van der Waals surface area contributed by atoms with Gasteiger partial charge in [-0.3, -0.25) is 0 Å². The van der Waals surface area contributed by atoms with Crippen LogP contribution in [0.15, 0.2) is 65.1 Å². The molecule has 0 aliphatic carbocycles. The van der Waals surface area contributed by atoms with Gasteiger partial charge in [-0.05, 0) is 31.6 Å². The first kappa shape index (κ1) is 15.8. The van der Waals surface area contributed by atoms with Gasteiger partial charge < -0.3 is 9.52 Å². The minimum atomic E-state index is -1.000. The molecule has 0 bridgehead atoms. The molecule has 0 fully saturated rings. The van der Waals surface area contributed by atoms with Crippen molar-refractivity contribution in [2.75, 3.05) is 0 Å². The van der Waals surface area contributed by atoms with E-state index in [2.05, 4.69) is 0 Å². The average molecular weight is 318 g/mol. The lowest BCUT2D eigenvalue weighted by Gasteiger charge is -2.04. The van der Waals surface area contributed by atoms with Crippen LogP contribution in [0.2, 0.25) is 0 Å². The Hall–Kier alpha value is -3.07. The van der Waals surface area contributed by atoms with Crippen molar-refractivity contribution < 1.29 is 14.3 Å². The van der Waals surface area contributed by atoms with E-state index in [-0.39, 0.29) is 0 Å². The predicted octanol–water partition coefficient (Wildman–Crippen LogP) is 5.33. The van der Waals surface area contributed by atoms with Gasteiger partial charge >= 0.3 is 5.97 Å². The first-order valence-corrected chi connectivity index (χ1v) is 7.72. The van der Waals surface area contributed by atoms with Crippen molar-refractivity contribution in [3.8, 4) is 22.5 Å². The Labute approximate surface area is 140 Å². The van der Waals surface area contributed by atoms with E-state index >= 15 is 0 Å². The molecule has 0 atom stereocenters. The van der Waals surface area contributed by atoms with Crippen LogP contribution in [0.25, 0.3) is 28.5 Å². The summed E-state index contributed by atoms with van der Waals surface area (Å²) < 4.78 is 5.93. The van der Waals surface area contributed by atoms with Crippen LogP contribution in [0.3, 0.4) is 0 Å². The van der Waals surface area contributed by atoms with Crippen molar-refractivity contribution in [2.45, 2.75) is 13.8 Å². The lowest BCUT2D eigenvalue weighted by Crippen LogP contribution is -1.84.